The molecule has 3 N–H and O–H groups in total. The minimum Gasteiger partial charge on any atom is -0.480 e. The summed E-state index contributed by atoms with van der Waals surface area (Å²) in [5.74, 6) is -4.12. The molecule has 0 aliphatic heterocycles. The molecule has 0 aliphatic carbocycles. The Bertz CT molecular complexity index is 1190. The quantitative estimate of drug-likeness (QED) is 0.228. The zero-order chi connectivity index (χ0) is 30.4. The number of alkyl halides is 3. The minimum atomic E-state index is -4.63. The van der Waals surface area contributed by atoms with Gasteiger partial charge in [0.05, 0.1) is 12.7 Å². The van der Waals surface area contributed by atoms with Crippen LogP contribution < -0.4 is 10.6 Å². The Morgan fingerprint density at radius 1 is 0.951 bits per heavy atom. The summed E-state index contributed by atoms with van der Waals surface area (Å²) in [6, 6.07) is 11.0. The number of carbonyl (C=O) groups excluding carboxylic acids is 4. The van der Waals surface area contributed by atoms with Crippen molar-refractivity contribution in [3.63, 3.8) is 0 Å². The molecule has 0 unspecified atom stereocenters. The molecule has 14 heteroatoms. The highest BCUT2D eigenvalue weighted by atomic mass is 19.4. The van der Waals surface area contributed by atoms with Crippen molar-refractivity contribution in [1.82, 2.24) is 15.5 Å². The molecule has 0 fully saturated rings. The van der Waals surface area contributed by atoms with Crippen LogP contribution in [-0.4, -0.2) is 72.6 Å². The fourth-order valence-corrected chi connectivity index (χ4v) is 3.59. The van der Waals surface area contributed by atoms with E-state index in [9.17, 15) is 37.1 Å². The van der Waals surface area contributed by atoms with Crippen LogP contribution in [0.3, 0.4) is 0 Å². The largest absolute Gasteiger partial charge is 0.480 e. The molecule has 0 radical (unpaired) electrons. The van der Waals surface area contributed by atoms with Gasteiger partial charge in [0.25, 0.3) is 5.91 Å². The first-order valence-electron chi connectivity index (χ1n) is 12.4. The fraction of sp³-hybridized carbons (Fsp3) is 0.370. The first-order chi connectivity index (χ1) is 19.4. The molecule has 3 amide bonds. The lowest BCUT2D eigenvalue weighted by molar-refractivity contribution is -0.145. The van der Waals surface area contributed by atoms with E-state index < -0.39 is 60.7 Å². The number of amides is 3. The zero-order valence-electron chi connectivity index (χ0n) is 22.1. The summed E-state index contributed by atoms with van der Waals surface area (Å²) in [5, 5.41) is 14.1. The number of hydrogen-bond donors (Lipinski definition) is 3. The van der Waals surface area contributed by atoms with Crippen LogP contribution in [0.2, 0.25) is 0 Å². The van der Waals surface area contributed by atoms with Gasteiger partial charge in [-0.25, -0.2) is 9.59 Å². The van der Waals surface area contributed by atoms with Crippen LogP contribution in [0.25, 0.3) is 0 Å². The fourth-order valence-electron chi connectivity index (χ4n) is 3.59. The molecule has 0 aliphatic rings. The van der Waals surface area contributed by atoms with Crippen LogP contribution in [0, 0.1) is 0 Å². The molecule has 1 atom stereocenters. The Morgan fingerprint density at radius 3 is 2.20 bits per heavy atom. The number of aliphatic carboxylic acids is 1. The van der Waals surface area contributed by atoms with E-state index in [1.54, 1.807) is 12.1 Å². The first-order valence-corrected chi connectivity index (χ1v) is 12.4. The summed E-state index contributed by atoms with van der Waals surface area (Å²) < 4.78 is 48.2. The van der Waals surface area contributed by atoms with Crippen molar-refractivity contribution in [2.45, 2.75) is 38.1 Å². The predicted octanol–water partition coefficient (Wildman–Crippen LogP) is 2.99. The number of methoxy groups -OCH3 is 1. The van der Waals surface area contributed by atoms with E-state index in [1.807, 2.05) is 18.2 Å². The molecule has 2 aromatic rings. The van der Waals surface area contributed by atoms with Crippen LogP contribution >= 0.6 is 0 Å². The monoisotopic (exact) mass is 581 g/mol. The lowest BCUT2D eigenvalue weighted by atomic mass is 10.1. The van der Waals surface area contributed by atoms with E-state index in [2.05, 4.69) is 10.6 Å². The number of nitrogens with one attached hydrogen (secondary N) is 2. The van der Waals surface area contributed by atoms with Crippen molar-refractivity contribution >= 4 is 29.8 Å². The second kappa shape index (κ2) is 15.8. The maximum absolute atomic E-state index is 12.8. The number of ether oxygens (including phenoxy) is 2. The van der Waals surface area contributed by atoms with Gasteiger partial charge in [0.15, 0.2) is 0 Å². The van der Waals surface area contributed by atoms with Crippen molar-refractivity contribution in [3.05, 3.63) is 71.3 Å². The van der Waals surface area contributed by atoms with E-state index in [0.717, 1.165) is 24.8 Å². The second-order valence-electron chi connectivity index (χ2n) is 8.76. The van der Waals surface area contributed by atoms with Crippen molar-refractivity contribution in [1.29, 1.82) is 0 Å². The average molecular weight is 582 g/mol. The molecule has 0 saturated heterocycles. The van der Waals surface area contributed by atoms with Crippen LogP contribution in [0.1, 0.15) is 40.7 Å². The molecule has 2 aromatic carbocycles. The predicted molar refractivity (Wildman–Crippen MR) is 137 cm³/mol. The molecule has 0 aromatic heterocycles. The van der Waals surface area contributed by atoms with E-state index in [1.165, 1.54) is 0 Å². The summed E-state index contributed by atoms with van der Waals surface area (Å²) in [6.45, 7) is -1.37. The Labute approximate surface area is 233 Å². The lowest BCUT2D eigenvalue weighted by Gasteiger charge is -2.22. The third-order valence-corrected chi connectivity index (χ3v) is 5.63. The summed E-state index contributed by atoms with van der Waals surface area (Å²) in [5.41, 5.74) is -0.439. The summed E-state index contributed by atoms with van der Waals surface area (Å²) >= 11 is 0. The average Bonchev–Trinajstić information content (AvgIpc) is 2.94. The highest BCUT2D eigenvalue weighted by Crippen LogP contribution is 2.29. The van der Waals surface area contributed by atoms with Gasteiger partial charge in [0.2, 0.25) is 5.91 Å². The molecule has 0 bridgehead atoms. The number of unbranched alkanes of at least 4 members (excludes halogenated alkanes) is 1. The number of carboxylic acids is 1. The molecule has 41 heavy (non-hydrogen) atoms. The highest BCUT2D eigenvalue weighted by Gasteiger charge is 2.31. The summed E-state index contributed by atoms with van der Waals surface area (Å²) in [7, 11) is 1.11. The van der Waals surface area contributed by atoms with Gasteiger partial charge < -0.3 is 30.1 Å². The van der Waals surface area contributed by atoms with Gasteiger partial charge >= 0.3 is 24.2 Å². The van der Waals surface area contributed by atoms with E-state index >= 15 is 0 Å². The maximum Gasteiger partial charge on any atom is 0.416 e. The van der Waals surface area contributed by atoms with Crippen LogP contribution in [0.4, 0.5) is 18.0 Å². The topological polar surface area (TPSA) is 151 Å². The zero-order valence-corrected chi connectivity index (χ0v) is 22.1. The number of rotatable bonds is 14. The van der Waals surface area contributed by atoms with Crippen LogP contribution in [-0.2, 0) is 36.6 Å². The van der Waals surface area contributed by atoms with E-state index in [4.69, 9.17) is 14.6 Å². The standard InChI is InChI=1S/C27H30F3N3O8/c1-40-25(38)21(9-5-6-14-31-26(39)41-17-18-7-3-2-4-8-18)32-22(34)15-33(16-23(35)36)24(37)19-10-12-20(13-11-19)27(28,29)30/h2-4,7-8,10-13,21H,5-6,9,14-17H2,1H3,(H,31,39)(H,32,34)(H,35,36)/t21-/m0/s1. The molecule has 0 heterocycles. The van der Waals surface area contributed by atoms with Crippen LogP contribution in [0.15, 0.2) is 54.6 Å². The Morgan fingerprint density at radius 2 is 1.61 bits per heavy atom. The lowest BCUT2D eigenvalue weighted by Crippen LogP contribution is -2.48. The number of alkyl carbamates (subject to hydrolysis) is 1. The van der Waals surface area contributed by atoms with Crippen molar-refractivity contribution in [2.75, 3.05) is 26.7 Å². The number of carbonyl (C=O) groups is 5. The van der Waals surface area contributed by atoms with Crippen molar-refractivity contribution in [2.24, 2.45) is 0 Å². The van der Waals surface area contributed by atoms with Crippen LogP contribution in [0.5, 0.6) is 0 Å². The molecule has 222 valence electrons. The molecule has 2 rings (SSSR count). The number of esters is 1. The van der Waals surface area contributed by atoms with Crippen molar-refractivity contribution < 1.29 is 51.7 Å². The maximum atomic E-state index is 12.8. The van der Waals surface area contributed by atoms with Gasteiger partial charge in [-0.05, 0) is 49.1 Å². The Balaban J connectivity index is 1.88. The number of hydrogen-bond acceptors (Lipinski definition) is 7. The number of halogens is 3. The first kappa shape index (κ1) is 32.6. The van der Waals surface area contributed by atoms with Gasteiger partial charge in [-0.3, -0.25) is 14.4 Å². The SMILES string of the molecule is COC(=O)[C@H](CCCCNC(=O)OCc1ccccc1)NC(=O)CN(CC(=O)O)C(=O)c1ccc(C(F)(F)F)cc1. The van der Waals surface area contributed by atoms with Gasteiger partial charge in [-0.1, -0.05) is 30.3 Å². The molecule has 0 spiro atoms. The second-order valence-corrected chi connectivity index (χ2v) is 8.76. The number of carboxylic acid groups (broad SMARTS) is 1. The van der Waals surface area contributed by atoms with Gasteiger partial charge in [-0.15, -0.1) is 0 Å². The molecule has 11 nitrogen and oxygen atoms in total. The Hall–Kier alpha value is -4.62. The van der Waals surface area contributed by atoms with Gasteiger partial charge in [-0.2, -0.15) is 13.2 Å². The third kappa shape index (κ3) is 11.6. The summed E-state index contributed by atoms with van der Waals surface area (Å²) in [6.07, 6.45) is -4.37. The number of benzene rings is 2. The van der Waals surface area contributed by atoms with E-state index in [-0.39, 0.29) is 25.1 Å². The smallest absolute Gasteiger partial charge is 0.416 e. The minimum absolute atomic E-state index is 0.101. The summed E-state index contributed by atoms with van der Waals surface area (Å²) in [4.78, 5) is 61.3. The van der Waals surface area contributed by atoms with E-state index in [0.29, 0.717) is 29.9 Å². The molecular formula is C27H30F3N3O8. The highest BCUT2D eigenvalue weighted by molar-refractivity contribution is 5.98. The molecular weight excluding hydrogens is 551 g/mol. The third-order valence-electron chi connectivity index (χ3n) is 5.63. The van der Waals surface area contributed by atoms with Gasteiger partial charge in [0.1, 0.15) is 25.7 Å². The number of nitrogens with zero attached hydrogens (tertiary/aromatic N) is 1. The van der Waals surface area contributed by atoms with Gasteiger partial charge in [0, 0.05) is 12.1 Å². The van der Waals surface area contributed by atoms with Crippen molar-refractivity contribution in [3.8, 4) is 0 Å². The molecule has 0 saturated carbocycles. The normalized spacial score (nSPS) is 11.6. The Kier molecular flexibility index (Phi) is 12.6.